The SMILES string of the molecule is CC(C)(C)C(C)(C)NC(=O)[C@H]1OCC(=O)N[C@@H]1c1ccccc1. The first-order valence-electron chi connectivity index (χ1n) is 7.90. The summed E-state index contributed by atoms with van der Waals surface area (Å²) in [5.74, 6) is -0.420. The predicted octanol–water partition coefficient (Wildman–Crippen LogP) is 2.18. The lowest BCUT2D eigenvalue weighted by atomic mass is 9.76. The van der Waals surface area contributed by atoms with Crippen LogP contribution in [0, 0.1) is 5.41 Å². The third-order valence-electron chi connectivity index (χ3n) is 4.74. The minimum absolute atomic E-state index is 0.0998. The van der Waals surface area contributed by atoms with Gasteiger partial charge >= 0.3 is 0 Å². The van der Waals surface area contributed by atoms with Crippen molar-refractivity contribution in [1.82, 2.24) is 10.6 Å². The Hall–Kier alpha value is -1.88. The summed E-state index contributed by atoms with van der Waals surface area (Å²) < 4.78 is 5.55. The van der Waals surface area contributed by atoms with E-state index < -0.39 is 17.7 Å². The van der Waals surface area contributed by atoms with E-state index in [1.807, 2.05) is 44.2 Å². The van der Waals surface area contributed by atoms with Crippen LogP contribution in [-0.4, -0.2) is 30.1 Å². The van der Waals surface area contributed by atoms with Gasteiger partial charge in [0.2, 0.25) is 5.91 Å². The molecule has 5 nitrogen and oxygen atoms in total. The van der Waals surface area contributed by atoms with E-state index in [1.54, 1.807) is 0 Å². The number of hydrogen-bond acceptors (Lipinski definition) is 3. The van der Waals surface area contributed by atoms with Crippen LogP contribution < -0.4 is 10.6 Å². The molecule has 0 aromatic heterocycles. The van der Waals surface area contributed by atoms with Gasteiger partial charge in [-0.15, -0.1) is 0 Å². The van der Waals surface area contributed by atoms with Crippen molar-refractivity contribution < 1.29 is 14.3 Å². The highest BCUT2D eigenvalue weighted by atomic mass is 16.5. The van der Waals surface area contributed by atoms with E-state index >= 15 is 0 Å². The number of carbonyl (C=O) groups is 2. The van der Waals surface area contributed by atoms with E-state index in [0.29, 0.717) is 0 Å². The highest BCUT2D eigenvalue weighted by Crippen LogP contribution is 2.30. The molecule has 1 fully saturated rings. The van der Waals surface area contributed by atoms with Crippen molar-refractivity contribution in [2.45, 2.75) is 52.3 Å². The van der Waals surface area contributed by atoms with E-state index in [1.165, 1.54) is 0 Å². The second kappa shape index (κ2) is 6.32. The van der Waals surface area contributed by atoms with Crippen LogP contribution in [0.25, 0.3) is 0 Å². The molecule has 1 aromatic rings. The third kappa shape index (κ3) is 3.91. The fourth-order valence-corrected chi connectivity index (χ4v) is 2.26. The molecule has 2 atom stereocenters. The molecule has 0 unspecified atom stereocenters. The zero-order chi connectivity index (χ0) is 17.3. The molecular formula is C18H26N2O3. The largest absolute Gasteiger partial charge is 0.356 e. The molecule has 2 amide bonds. The minimum Gasteiger partial charge on any atom is -0.356 e. The Morgan fingerprint density at radius 2 is 1.78 bits per heavy atom. The molecule has 0 bridgehead atoms. The molecule has 126 valence electrons. The monoisotopic (exact) mass is 318 g/mol. The fourth-order valence-electron chi connectivity index (χ4n) is 2.26. The van der Waals surface area contributed by atoms with Crippen LogP contribution in [0.5, 0.6) is 0 Å². The van der Waals surface area contributed by atoms with Crippen LogP contribution in [0.1, 0.15) is 46.2 Å². The van der Waals surface area contributed by atoms with Gasteiger partial charge in [-0.3, -0.25) is 9.59 Å². The van der Waals surface area contributed by atoms with E-state index in [0.717, 1.165) is 5.56 Å². The predicted molar refractivity (Wildman–Crippen MR) is 88.7 cm³/mol. The topological polar surface area (TPSA) is 67.4 Å². The zero-order valence-corrected chi connectivity index (χ0v) is 14.5. The van der Waals surface area contributed by atoms with E-state index in [2.05, 4.69) is 31.4 Å². The summed E-state index contributed by atoms with van der Waals surface area (Å²) in [4.78, 5) is 24.5. The maximum atomic E-state index is 12.8. The molecule has 1 aliphatic heterocycles. The van der Waals surface area contributed by atoms with Crippen molar-refractivity contribution in [3.63, 3.8) is 0 Å². The van der Waals surface area contributed by atoms with E-state index in [9.17, 15) is 9.59 Å². The lowest BCUT2D eigenvalue weighted by Crippen LogP contribution is -2.59. The van der Waals surface area contributed by atoms with Crippen molar-refractivity contribution in [3.8, 4) is 0 Å². The zero-order valence-electron chi connectivity index (χ0n) is 14.5. The number of rotatable bonds is 3. The number of amides is 2. The molecule has 1 aromatic carbocycles. The average Bonchev–Trinajstić information content (AvgIpc) is 2.46. The van der Waals surface area contributed by atoms with Crippen LogP contribution in [-0.2, 0) is 14.3 Å². The summed E-state index contributed by atoms with van der Waals surface area (Å²) in [6.07, 6.45) is -0.739. The number of hydrogen-bond donors (Lipinski definition) is 2. The quantitative estimate of drug-likeness (QED) is 0.897. The molecule has 0 radical (unpaired) electrons. The third-order valence-corrected chi connectivity index (χ3v) is 4.74. The number of benzene rings is 1. The van der Waals surface area contributed by atoms with Gasteiger partial charge in [-0.2, -0.15) is 0 Å². The molecule has 2 N–H and O–H groups in total. The molecular weight excluding hydrogens is 292 g/mol. The van der Waals surface area contributed by atoms with Crippen molar-refractivity contribution in [2.75, 3.05) is 6.61 Å². The molecule has 2 rings (SSSR count). The lowest BCUT2D eigenvalue weighted by Gasteiger charge is -2.41. The van der Waals surface area contributed by atoms with Crippen molar-refractivity contribution >= 4 is 11.8 Å². The molecule has 5 heteroatoms. The first kappa shape index (κ1) is 17.5. The van der Waals surface area contributed by atoms with Gasteiger partial charge in [0, 0.05) is 5.54 Å². The highest BCUT2D eigenvalue weighted by molar-refractivity contribution is 5.86. The van der Waals surface area contributed by atoms with Crippen LogP contribution in [0.15, 0.2) is 30.3 Å². The van der Waals surface area contributed by atoms with Crippen molar-refractivity contribution in [3.05, 3.63) is 35.9 Å². The van der Waals surface area contributed by atoms with Gasteiger partial charge in [0.25, 0.3) is 5.91 Å². The van der Waals surface area contributed by atoms with Crippen molar-refractivity contribution in [2.24, 2.45) is 5.41 Å². The number of morpholine rings is 1. The Balaban J connectivity index is 2.21. The Labute approximate surface area is 137 Å². The summed E-state index contributed by atoms with van der Waals surface area (Å²) in [6, 6.07) is 8.94. The first-order valence-corrected chi connectivity index (χ1v) is 7.90. The van der Waals surface area contributed by atoms with Crippen LogP contribution in [0.3, 0.4) is 0 Å². The second-order valence-corrected chi connectivity index (χ2v) is 7.55. The van der Waals surface area contributed by atoms with Crippen LogP contribution in [0.2, 0.25) is 0 Å². The number of nitrogens with one attached hydrogen (secondary N) is 2. The fraction of sp³-hybridized carbons (Fsp3) is 0.556. The standard InChI is InChI=1S/C18H26N2O3/c1-17(2,3)18(4,5)20-16(22)15-14(19-13(21)11-23-15)12-9-7-6-8-10-12/h6-10,14-15H,11H2,1-5H3,(H,19,21)(H,20,22)/t14-,15+/m1/s1. The van der Waals surface area contributed by atoms with Gasteiger partial charge in [-0.25, -0.2) is 0 Å². The number of ether oxygens (including phenoxy) is 1. The summed E-state index contributed by atoms with van der Waals surface area (Å²) in [6.45, 7) is 10.1. The Morgan fingerprint density at radius 1 is 1.17 bits per heavy atom. The van der Waals surface area contributed by atoms with Gasteiger partial charge in [-0.1, -0.05) is 51.1 Å². The molecule has 0 saturated carbocycles. The Kier molecular flexibility index (Phi) is 4.80. The van der Waals surface area contributed by atoms with E-state index in [4.69, 9.17) is 4.74 Å². The average molecular weight is 318 g/mol. The van der Waals surface area contributed by atoms with Gasteiger partial charge in [0.05, 0.1) is 6.04 Å². The highest BCUT2D eigenvalue weighted by Gasteiger charge is 2.40. The van der Waals surface area contributed by atoms with Gasteiger partial charge < -0.3 is 15.4 Å². The molecule has 1 heterocycles. The Bertz CT molecular complexity index is 576. The molecule has 23 heavy (non-hydrogen) atoms. The first-order chi connectivity index (χ1) is 10.6. The van der Waals surface area contributed by atoms with Crippen LogP contribution in [0.4, 0.5) is 0 Å². The van der Waals surface area contributed by atoms with Gasteiger partial charge in [0.15, 0.2) is 6.10 Å². The Morgan fingerprint density at radius 3 is 2.35 bits per heavy atom. The molecule has 0 aliphatic carbocycles. The maximum absolute atomic E-state index is 12.8. The summed E-state index contributed by atoms with van der Waals surface area (Å²) in [7, 11) is 0. The smallest absolute Gasteiger partial charge is 0.252 e. The van der Waals surface area contributed by atoms with Crippen LogP contribution >= 0.6 is 0 Å². The summed E-state index contributed by atoms with van der Waals surface area (Å²) in [5.41, 5.74) is 0.341. The molecule has 1 aliphatic rings. The van der Waals surface area contributed by atoms with Gasteiger partial charge in [-0.05, 0) is 24.8 Å². The van der Waals surface area contributed by atoms with Gasteiger partial charge in [0.1, 0.15) is 6.61 Å². The summed E-state index contributed by atoms with van der Waals surface area (Å²) in [5, 5.41) is 5.93. The maximum Gasteiger partial charge on any atom is 0.252 e. The molecule has 1 saturated heterocycles. The number of carbonyl (C=O) groups excluding carboxylic acids is 2. The van der Waals surface area contributed by atoms with E-state index in [-0.39, 0.29) is 23.8 Å². The summed E-state index contributed by atoms with van der Waals surface area (Å²) >= 11 is 0. The lowest BCUT2D eigenvalue weighted by molar-refractivity contribution is -0.149. The normalized spacial score (nSPS) is 22.4. The van der Waals surface area contributed by atoms with Crippen molar-refractivity contribution in [1.29, 1.82) is 0 Å². The molecule has 0 spiro atoms. The minimum atomic E-state index is -0.739. The second-order valence-electron chi connectivity index (χ2n) is 7.55.